The Kier molecular flexibility index (Phi) is 4.23. The smallest absolute Gasteiger partial charge is 0.266 e. The number of ether oxygens (including phenoxy) is 1. The molecule has 1 amide bonds. The molecule has 24 heavy (non-hydrogen) atoms. The van der Waals surface area contributed by atoms with E-state index in [9.17, 15) is 22.0 Å². The fraction of sp³-hybridized carbons (Fsp3) is 0.188. The molecule has 0 saturated heterocycles. The number of sulfonamides is 1. The monoisotopic (exact) mass is 353 g/mol. The van der Waals surface area contributed by atoms with Gasteiger partial charge in [-0.2, -0.15) is 0 Å². The molecule has 1 unspecified atom stereocenters. The summed E-state index contributed by atoms with van der Waals surface area (Å²) >= 11 is 0. The lowest BCUT2D eigenvalue weighted by Crippen LogP contribution is -2.40. The van der Waals surface area contributed by atoms with Crippen molar-refractivity contribution in [3.63, 3.8) is 0 Å². The molecular weight excluding hydrogens is 340 g/mol. The molecule has 1 heterocycles. The highest BCUT2D eigenvalue weighted by atomic mass is 32.2. The van der Waals surface area contributed by atoms with Gasteiger partial charge in [-0.1, -0.05) is 18.2 Å². The summed E-state index contributed by atoms with van der Waals surface area (Å²) in [6, 6.07) is 9.14. The zero-order chi connectivity index (χ0) is 17.3. The Labute approximate surface area is 137 Å². The van der Waals surface area contributed by atoms with Crippen LogP contribution in [0.4, 0.5) is 8.78 Å². The van der Waals surface area contributed by atoms with Crippen molar-refractivity contribution < 1.29 is 26.7 Å². The van der Waals surface area contributed by atoms with Crippen molar-refractivity contribution in [2.24, 2.45) is 5.92 Å². The molecule has 3 rings (SSSR count). The van der Waals surface area contributed by atoms with E-state index in [1.54, 1.807) is 24.3 Å². The molecule has 1 atom stereocenters. The van der Waals surface area contributed by atoms with E-state index in [-0.39, 0.29) is 6.61 Å². The van der Waals surface area contributed by atoms with Crippen molar-refractivity contribution in [3.05, 3.63) is 59.7 Å². The molecule has 0 spiro atoms. The number of fused-ring (bicyclic) bond motifs is 1. The van der Waals surface area contributed by atoms with Gasteiger partial charge in [-0.25, -0.2) is 21.9 Å². The Hall–Kier alpha value is -2.48. The summed E-state index contributed by atoms with van der Waals surface area (Å²) in [6.45, 7) is 0.0181. The van der Waals surface area contributed by atoms with Crippen LogP contribution in [0.15, 0.2) is 47.4 Å². The first-order valence-corrected chi connectivity index (χ1v) is 8.57. The first-order valence-electron chi connectivity index (χ1n) is 7.09. The van der Waals surface area contributed by atoms with E-state index in [4.69, 9.17) is 4.74 Å². The Bertz CT molecular complexity index is 899. The van der Waals surface area contributed by atoms with Crippen molar-refractivity contribution in [2.45, 2.75) is 11.3 Å². The van der Waals surface area contributed by atoms with Gasteiger partial charge in [0.2, 0.25) is 5.91 Å². The van der Waals surface area contributed by atoms with Gasteiger partial charge in [0, 0.05) is 6.07 Å². The van der Waals surface area contributed by atoms with E-state index in [0.717, 1.165) is 17.7 Å². The summed E-state index contributed by atoms with van der Waals surface area (Å²) in [7, 11) is -4.43. The largest absolute Gasteiger partial charge is 0.492 e. The fourth-order valence-corrected chi connectivity index (χ4v) is 3.56. The quantitative estimate of drug-likeness (QED) is 0.916. The van der Waals surface area contributed by atoms with Crippen molar-refractivity contribution >= 4 is 15.9 Å². The van der Waals surface area contributed by atoms with Gasteiger partial charge in [0.1, 0.15) is 28.9 Å². The zero-order valence-electron chi connectivity index (χ0n) is 12.3. The normalized spacial score (nSPS) is 16.8. The van der Waals surface area contributed by atoms with Gasteiger partial charge >= 0.3 is 0 Å². The van der Waals surface area contributed by atoms with Crippen LogP contribution in [-0.2, 0) is 21.2 Å². The molecule has 5 nitrogen and oxygen atoms in total. The lowest BCUT2D eigenvalue weighted by atomic mass is 9.96. The van der Waals surface area contributed by atoms with Crippen LogP contribution in [0, 0.1) is 17.6 Å². The number of hydrogen-bond donors (Lipinski definition) is 1. The lowest BCUT2D eigenvalue weighted by Gasteiger charge is -2.24. The molecule has 0 fully saturated rings. The Morgan fingerprint density at radius 2 is 1.92 bits per heavy atom. The van der Waals surface area contributed by atoms with Crippen LogP contribution < -0.4 is 9.46 Å². The van der Waals surface area contributed by atoms with Gasteiger partial charge < -0.3 is 4.74 Å². The highest BCUT2D eigenvalue weighted by Gasteiger charge is 2.30. The third kappa shape index (κ3) is 3.23. The van der Waals surface area contributed by atoms with E-state index in [1.807, 2.05) is 4.72 Å². The summed E-state index contributed by atoms with van der Waals surface area (Å²) in [6.07, 6.45) is 0.309. The van der Waals surface area contributed by atoms with E-state index in [2.05, 4.69) is 0 Å². The van der Waals surface area contributed by atoms with Crippen LogP contribution >= 0.6 is 0 Å². The number of halogens is 2. The fourth-order valence-electron chi connectivity index (χ4n) is 2.46. The highest BCUT2D eigenvalue weighted by molar-refractivity contribution is 7.90. The molecule has 0 aromatic heterocycles. The number of amides is 1. The molecule has 1 N–H and O–H groups in total. The van der Waals surface area contributed by atoms with E-state index >= 15 is 0 Å². The number of nitrogens with one attached hydrogen (secondary N) is 1. The van der Waals surface area contributed by atoms with Crippen LogP contribution in [0.1, 0.15) is 5.56 Å². The van der Waals surface area contributed by atoms with Crippen molar-refractivity contribution in [3.8, 4) is 5.75 Å². The second kappa shape index (κ2) is 6.20. The van der Waals surface area contributed by atoms with E-state index < -0.39 is 38.4 Å². The minimum absolute atomic E-state index is 0.0181. The maximum atomic E-state index is 13.6. The summed E-state index contributed by atoms with van der Waals surface area (Å²) in [5, 5.41) is 0. The number of carbonyl (C=O) groups excluding carboxylic acids is 1. The standard InChI is InChI=1S/C16H13F2NO4S/c17-12-5-6-15(13(18)8-12)24(21,22)19-16(20)11-7-10-3-1-2-4-14(10)23-9-11/h1-6,8,11H,7,9H2,(H,19,20). The first kappa shape index (κ1) is 16.4. The molecule has 1 aliphatic rings. The minimum atomic E-state index is -4.43. The van der Waals surface area contributed by atoms with Gasteiger partial charge in [0.25, 0.3) is 10.0 Å². The van der Waals surface area contributed by atoms with E-state index in [0.29, 0.717) is 18.2 Å². The van der Waals surface area contributed by atoms with Crippen molar-refractivity contribution in [2.75, 3.05) is 6.61 Å². The first-order chi connectivity index (χ1) is 11.4. The number of para-hydroxylation sites is 1. The third-order valence-electron chi connectivity index (χ3n) is 3.67. The molecule has 0 saturated carbocycles. The lowest BCUT2D eigenvalue weighted by molar-refractivity contribution is -0.124. The second-order valence-electron chi connectivity index (χ2n) is 5.36. The van der Waals surface area contributed by atoms with Gasteiger partial charge in [0.05, 0.1) is 5.92 Å². The highest BCUT2D eigenvalue weighted by Crippen LogP contribution is 2.27. The van der Waals surface area contributed by atoms with Crippen LogP contribution in [-0.4, -0.2) is 20.9 Å². The van der Waals surface area contributed by atoms with Crippen LogP contribution in [0.2, 0.25) is 0 Å². The average Bonchev–Trinajstić information content (AvgIpc) is 2.53. The molecule has 0 bridgehead atoms. The molecule has 126 valence electrons. The van der Waals surface area contributed by atoms with Gasteiger partial charge in [-0.15, -0.1) is 0 Å². The molecule has 0 aliphatic carbocycles. The predicted molar refractivity (Wildman–Crippen MR) is 80.8 cm³/mol. The van der Waals surface area contributed by atoms with E-state index in [1.165, 1.54) is 0 Å². The predicted octanol–water partition coefficient (Wildman–Crippen LogP) is 2.02. The number of benzene rings is 2. The Morgan fingerprint density at radius 3 is 2.67 bits per heavy atom. The van der Waals surface area contributed by atoms with Crippen molar-refractivity contribution in [1.29, 1.82) is 0 Å². The Morgan fingerprint density at radius 1 is 1.17 bits per heavy atom. The van der Waals surface area contributed by atoms with Crippen molar-refractivity contribution in [1.82, 2.24) is 4.72 Å². The molecule has 2 aromatic carbocycles. The molecule has 8 heteroatoms. The molecular formula is C16H13F2NO4S. The summed E-state index contributed by atoms with van der Waals surface area (Å²) in [4.78, 5) is 11.4. The maximum Gasteiger partial charge on any atom is 0.266 e. The maximum absolute atomic E-state index is 13.6. The SMILES string of the molecule is O=C(NS(=O)(=O)c1ccc(F)cc1F)C1COc2ccccc2C1. The third-order valence-corrected chi connectivity index (χ3v) is 5.05. The van der Waals surface area contributed by atoms with Crippen LogP contribution in [0.25, 0.3) is 0 Å². The van der Waals surface area contributed by atoms with Gasteiger partial charge in [-0.05, 0) is 30.2 Å². The number of rotatable bonds is 3. The summed E-state index contributed by atoms with van der Waals surface area (Å²) in [5.41, 5.74) is 0.786. The molecule has 1 aliphatic heterocycles. The molecule has 2 aromatic rings. The Balaban J connectivity index is 1.77. The van der Waals surface area contributed by atoms with Crippen LogP contribution in [0.3, 0.4) is 0 Å². The number of carbonyl (C=O) groups is 1. The molecule has 0 radical (unpaired) electrons. The summed E-state index contributed by atoms with van der Waals surface area (Å²) < 4.78 is 58.0. The van der Waals surface area contributed by atoms with Crippen LogP contribution in [0.5, 0.6) is 5.75 Å². The minimum Gasteiger partial charge on any atom is -0.492 e. The van der Waals surface area contributed by atoms with Gasteiger partial charge in [0.15, 0.2) is 0 Å². The van der Waals surface area contributed by atoms with Gasteiger partial charge in [-0.3, -0.25) is 4.79 Å². The zero-order valence-corrected chi connectivity index (χ0v) is 13.1. The number of hydrogen-bond acceptors (Lipinski definition) is 4. The topological polar surface area (TPSA) is 72.5 Å². The average molecular weight is 353 g/mol. The summed E-state index contributed by atoms with van der Waals surface area (Å²) in [5.74, 6) is -3.05. The second-order valence-corrected chi connectivity index (χ2v) is 7.02.